The van der Waals surface area contributed by atoms with E-state index in [1.165, 1.54) is 0 Å². The van der Waals surface area contributed by atoms with Crippen molar-refractivity contribution in [1.29, 1.82) is 0 Å². The molecule has 1 fully saturated rings. The number of aliphatic imine (C=N–C) groups is 1. The number of rotatable bonds is 5. The molecule has 2 rings (SSSR count). The molecule has 1 N–H and O–H groups in total. The highest BCUT2D eigenvalue weighted by Crippen LogP contribution is 2.33. The van der Waals surface area contributed by atoms with Crippen LogP contribution in [0.25, 0.3) is 0 Å². The molecule has 1 aromatic rings. The predicted octanol–water partition coefficient (Wildman–Crippen LogP) is 2.85. The highest BCUT2D eigenvalue weighted by atomic mass is 35.5. The molecule has 0 unspecified atom stereocenters. The Morgan fingerprint density at radius 1 is 1.26 bits per heavy atom. The number of benzene rings is 1. The standard InChI is InChI=1S/C15H21NO2.ClH/c1-18-12-11-16-14(13-7-3-2-4-8-13)15(17)9-5-6-10-15;/h2-4,7-8,17H,5-6,9-12H2,1H3;1H/b16-14-;. The fourth-order valence-electron chi connectivity index (χ4n) is 2.55. The minimum absolute atomic E-state index is 0. The molecule has 0 heterocycles. The van der Waals surface area contributed by atoms with Crippen LogP contribution >= 0.6 is 12.4 Å². The highest BCUT2D eigenvalue weighted by Gasteiger charge is 2.36. The zero-order valence-electron chi connectivity index (χ0n) is 11.3. The van der Waals surface area contributed by atoms with Crippen LogP contribution in [0.1, 0.15) is 31.2 Å². The van der Waals surface area contributed by atoms with Crippen LogP contribution in [0.15, 0.2) is 35.3 Å². The molecule has 1 aromatic carbocycles. The van der Waals surface area contributed by atoms with Gasteiger partial charge < -0.3 is 9.84 Å². The first-order valence-electron chi connectivity index (χ1n) is 6.58. The maximum absolute atomic E-state index is 10.7. The van der Waals surface area contributed by atoms with Crippen LogP contribution in [-0.4, -0.2) is 36.7 Å². The lowest BCUT2D eigenvalue weighted by Crippen LogP contribution is -2.36. The third kappa shape index (κ3) is 4.03. The topological polar surface area (TPSA) is 41.8 Å². The van der Waals surface area contributed by atoms with Gasteiger partial charge in [-0.15, -0.1) is 12.4 Å². The highest BCUT2D eigenvalue weighted by molar-refractivity contribution is 6.06. The van der Waals surface area contributed by atoms with Gasteiger partial charge in [-0.25, -0.2) is 0 Å². The first-order valence-corrected chi connectivity index (χ1v) is 6.58. The molecule has 0 atom stereocenters. The number of aliphatic hydroxyl groups is 1. The Kier molecular flexibility index (Phi) is 6.49. The molecule has 3 nitrogen and oxygen atoms in total. The number of nitrogens with zero attached hydrogens (tertiary/aromatic N) is 1. The summed E-state index contributed by atoms with van der Waals surface area (Å²) in [6.07, 6.45) is 3.78. The normalized spacial score (nSPS) is 18.1. The molecule has 19 heavy (non-hydrogen) atoms. The van der Waals surface area contributed by atoms with Gasteiger partial charge in [0.25, 0.3) is 0 Å². The Bertz CT molecular complexity index is 400. The summed E-state index contributed by atoms with van der Waals surface area (Å²) in [6.45, 7) is 1.19. The van der Waals surface area contributed by atoms with Gasteiger partial charge in [0.05, 0.1) is 18.9 Å². The Hall–Kier alpha value is -0.900. The largest absolute Gasteiger partial charge is 0.384 e. The number of methoxy groups -OCH3 is 1. The van der Waals surface area contributed by atoms with Crippen molar-refractivity contribution in [3.63, 3.8) is 0 Å². The zero-order chi connectivity index (χ0) is 12.8. The second kappa shape index (κ2) is 7.63. The first kappa shape index (κ1) is 16.2. The summed E-state index contributed by atoms with van der Waals surface area (Å²) in [7, 11) is 1.67. The number of halogens is 1. The molecule has 106 valence electrons. The Labute approximate surface area is 121 Å². The van der Waals surface area contributed by atoms with Gasteiger partial charge in [0, 0.05) is 7.11 Å². The third-order valence-electron chi connectivity index (χ3n) is 3.48. The SMILES string of the molecule is COCC/N=C(/c1ccccc1)C1(O)CCCC1.Cl. The first-order chi connectivity index (χ1) is 8.76. The van der Waals surface area contributed by atoms with Crippen molar-refractivity contribution < 1.29 is 9.84 Å². The Balaban J connectivity index is 0.00000180. The second-order valence-corrected chi connectivity index (χ2v) is 4.83. The van der Waals surface area contributed by atoms with E-state index in [4.69, 9.17) is 4.74 Å². The summed E-state index contributed by atoms with van der Waals surface area (Å²) in [4.78, 5) is 4.58. The lowest BCUT2D eigenvalue weighted by molar-refractivity contribution is 0.120. The zero-order valence-corrected chi connectivity index (χ0v) is 12.2. The summed E-state index contributed by atoms with van der Waals surface area (Å²) in [5.41, 5.74) is 1.12. The average Bonchev–Trinajstić information content (AvgIpc) is 2.83. The summed E-state index contributed by atoms with van der Waals surface area (Å²) in [5.74, 6) is 0. The molecular formula is C15H22ClNO2. The van der Waals surface area contributed by atoms with E-state index in [0.29, 0.717) is 13.2 Å². The molecule has 1 aliphatic carbocycles. The minimum atomic E-state index is -0.741. The molecule has 1 saturated carbocycles. The molecule has 0 bridgehead atoms. The van der Waals surface area contributed by atoms with Gasteiger partial charge in [0.2, 0.25) is 0 Å². The van der Waals surface area contributed by atoms with E-state index in [-0.39, 0.29) is 12.4 Å². The van der Waals surface area contributed by atoms with Crippen LogP contribution in [0.5, 0.6) is 0 Å². The van der Waals surface area contributed by atoms with E-state index in [0.717, 1.165) is 37.0 Å². The molecule has 0 aromatic heterocycles. The van der Waals surface area contributed by atoms with Gasteiger partial charge in [-0.1, -0.05) is 43.2 Å². The number of hydrogen-bond acceptors (Lipinski definition) is 3. The van der Waals surface area contributed by atoms with E-state index in [2.05, 4.69) is 4.99 Å². The lowest BCUT2D eigenvalue weighted by atomic mass is 9.90. The Morgan fingerprint density at radius 3 is 2.47 bits per heavy atom. The van der Waals surface area contributed by atoms with Gasteiger partial charge in [-0.3, -0.25) is 4.99 Å². The minimum Gasteiger partial charge on any atom is -0.384 e. The van der Waals surface area contributed by atoms with E-state index < -0.39 is 5.60 Å². The average molecular weight is 284 g/mol. The van der Waals surface area contributed by atoms with Crippen LogP contribution in [0, 0.1) is 0 Å². The van der Waals surface area contributed by atoms with Crippen molar-refractivity contribution >= 4 is 18.1 Å². The quantitative estimate of drug-likeness (QED) is 0.667. The summed E-state index contributed by atoms with van der Waals surface area (Å²) < 4.78 is 5.03. The Morgan fingerprint density at radius 2 is 1.89 bits per heavy atom. The number of hydrogen-bond donors (Lipinski definition) is 1. The molecular weight excluding hydrogens is 262 g/mol. The monoisotopic (exact) mass is 283 g/mol. The molecule has 0 radical (unpaired) electrons. The van der Waals surface area contributed by atoms with Gasteiger partial charge in [0.15, 0.2) is 0 Å². The maximum atomic E-state index is 10.7. The van der Waals surface area contributed by atoms with Crippen LogP contribution in [0.2, 0.25) is 0 Å². The van der Waals surface area contributed by atoms with Crippen molar-refractivity contribution in [3.05, 3.63) is 35.9 Å². The van der Waals surface area contributed by atoms with Crippen LogP contribution in [0.3, 0.4) is 0 Å². The van der Waals surface area contributed by atoms with Crippen molar-refractivity contribution in [2.24, 2.45) is 4.99 Å². The third-order valence-corrected chi connectivity index (χ3v) is 3.48. The van der Waals surface area contributed by atoms with Crippen molar-refractivity contribution in [2.45, 2.75) is 31.3 Å². The molecule has 0 spiro atoms. The molecule has 0 saturated heterocycles. The fraction of sp³-hybridized carbons (Fsp3) is 0.533. The van der Waals surface area contributed by atoms with Crippen LogP contribution in [0.4, 0.5) is 0 Å². The van der Waals surface area contributed by atoms with Gasteiger partial charge >= 0.3 is 0 Å². The second-order valence-electron chi connectivity index (χ2n) is 4.83. The van der Waals surface area contributed by atoms with E-state index in [1.54, 1.807) is 7.11 Å². The van der Waals surface area contributed by atoms with Crippen LogP contribution in [-0.2, 0) is 4.74 Å². The van der Waals surface area contributed by atoms with E-state index >= 15 is 0 Å². The predicted molar refractivity (Wildman–Crippen MR) is 80.4 cm³/mol. The summed E-state index contributed by atoms with van der Waals surface area (Å²) in [6, 6.07) is 9.98. The van der Waals surface area contributed by atoms with Crippen molar-refractivity contribution in [3.8, 4) is 0 Å². The lowest BCUT2D eigenvalue weighted by Gasteiger charge is -2.25. The molecule has 0 aliphatic heterocycles. The van der Waals surface area contributed by atoms with E-state index in [9.17, 15) is 5.11 Å². The fourth-order valence-corrected chi connectivity index (χ4v) is 2.55. The molecule has 4 heteroatoms. The van der Waals surface area contributed by atoms with Gasteiger partial charge in [-0.2, -0.15) is 0 Å². The maximum Gasteiger partial charge on any atom is 0.107 e. The number of ether oxygens (including phenoxy) is 1. The van der Waals surface area contributed by atoms with Gasteiger partial charge in [-0.05, 0) is 18.4 Å². The summed E-state index contributed by atoms with van der Waals surface area (Å²) in [5, 5.41) is 10.7. The van der Waals surface area contributed by atoms with Crippen LogP contribution < -0.4 is 0 Å². The smallest absolute Gasteiger partial charge is 0.107 e. The van der Waals surface area contributed by atoms with E-state index in [1.807, 2.05) is 30.3 Å². The van der Waals surface area contributed by atoms with Crippen molar-refractivity contribution in [2.75, 3.05) is 20.3 Å². The molecule has 0 amide bonds. The van der Waals surface area contributed by atoms with Gasteiger partial charge in [0.1, 0.15) is 5.60 Å². The van der Waals surface area contributed by atoms with Crippen molar-refractivity contribution in [1.82, 2.24) is 0 Å². The molecule has 1 aliphatic rings. The summed E-state index contributed by atoms with van der Waals surface area (Å²) >= 11 is 0.